The fourth-order valence-electron chi connectivity index (χ4n) is 1.50. The first-order chi connectivity index (χ1) is 7.66. The highest BCUT2D eigenvalue weighted by Crippen LogP contribution is 2.33. The zero-order valence-corrected chi connectivity index (χ0v) is 8.69. The molecule has 0 atom stereocenters. The zero-order valence-electron chi connectivity index (χ0n) is 8.69. The second kappa shape index (κ2) is 4.47. The van der Waals surface area contributed by atoms with E-state index >= 15 is 0 Å². The number of rotatable bonds is 5. The van der Waals surface area contributed by atoms with Crippen LogP contribution in [0.4, 0.5) is 10.1 Å². The molecule has 4 nitrogen and oxygen atoms in total. The van der Waals surface area contributed by atoms with Gasteiger partial charge in [0.05, 0.1) is 11.5 Å². The average Bonchev–Trinajstić information content (AvgIpc) is 3.01. The summed E-state index contributed by atoms with van der Waals surface area (Å²) in [5, 5.41) is 10.6. The molecule has 16 heavy (non-hydrogen) atoms. The van der Waals surface area contributed by atoms with Gasteiger partial charge in [-0.1, -0.05) is 12.8 Å². The maximum Gasteiger partial charge on any atom is 0.311 e. The van der Waals surface area contributed by atoms with Crippen molar-refractivity contribution in [3.8, 4) is 5.75 Å². The second-order valence-corrected chi connectivity index (χ2v) is 3.95. The van der Waals surface area contributed by atoms with Crippen LogP contribution in [0.15, 0.2) is 18.2 Å². The predicted molar refractivity (Wildman–Crippen MR) is 55.9 cm³/mol. The summed E-state index contributed by atoms with van der Waals surface area (Å²) in [7, 11) is 0. The molecule has 0 aliphatic heterocycles. The predicted octanol–water partition coefficient (Wildman–Crippen LogP) is 2.91. The van der Waals surface area contributed by atoms with Gasteiger partial charge in [-0.3, -0.25) is 10.1 Å². The number of hydrogen-bond donors (Lipinski definition) is 0. The molecule has 1 aromatic carbocycles. The van der Waals surface area contributed by atoms with Gasteiger partial charge in [-0.25, -0.2) is 4.39 Å². The lowest BCUT2D eigenvalue weighted by Gasteiger charge is -2.05. The van der Waals surface area contributed by atoms with Crippen LogP contribution in [0.1, 0.15) is 19.3 Å². The first-order valence-corrected chi connectivity index (χ1v) is 5.23. The Hall–Kier alpha value is -1.65. The number of benzene rings is 1. The highest BCUT2D eigenvalue weighted by atomic mass is 19.1. The van der Waals surface area contributed by atoms with Crippen LogP contribution in [0.2, 0.25) is 0 Å². The number of nitro groups is 1. The molecule has 0 radical (unpaired) electrons. The van der Waals surface area contributed by atoms with Crippen LogP contribution in [0.25, 0.3) is 0 Å². The molecule has 0 spiro atoms. The molecular weight excluding hydrogens is 213 g/mol. The number of ether oxygens (including phenoxy) is 1. The lowest BCUT2D eigenvalue weighted by atomic mass is 10.3. The highest BCUT2D eigenvalue weighted by molar-refractivity contribution is 5.46. The first-order valence-electron chi connectivity index (χ1n) is 5.23. The Morgan fingerprint density at radius 2 is 2.25 bits per heavy atom. The van der Waals surface area contributed by atoms with Crippen molar-refractivity contribution in [2.45, 2.75) is 19.3 Å². The SMILES string of the molecule is O=[N+]([O-])c1ccc(F)cc1OCCC1CC1. The molecule has 0 aromatic heterocycles. The molecule has 0 N–H and O–H groups in total. The Morgan fingerprint density at radius 3 is 2.88 bits per heavy atom. The highest BCUT2D eigenvalue weighted by Gasteiger charge is 2.22. The van der Waals surface area contributed by atoms with E-state index in [1.165, 1.54) is 12.8 Å². The molecule has 1 aliphatic carbocycles. The molecule has 86 valence electrons. The van der Waals surface area contributed by atoms with Crippen LogP contribution >= 0.6 is 0 Å². The Kier molecular flexibility index (Phi) is 3.03. The summed E-state index contributed by atoms with van der Waals surface area (Å²) in [5.74, 6) is 0.185. The molecule has 0 unspecified atom stereocenters. The van der Waals surface area contributed by atoms with E-state index in [1.807, 2.05) is 0 Å². The normalized spacial score (nSPS) is 14.8. The average molecular weight is 225 g/mol. The third-order valence-corrected chi connectivity index (χ3v) is 2.60. The van der Waals surface area contributed by atoms with Crippen LogP contribution in [-0.4, -0.2) is 11.5 Å². The third kappa shape index (κ3) is 2.68. The third-order valence-electron chi connectivity index (χ3n) is 2.60. The molecule has 1 fully saturated rings. The van der Waals surface area contributed by atoms with Gasteiger partial charge >= 0.3 is 5.69 Å². The summed E-state index contributed by atoms with van der Waals surface area (Å²) in [6.45, 7) is 0.412. The molecule has 5 heteroatoms. The van der Waals surface area contributed by atoms with E-state index in [0.717, 1.165) is 24.6 Å². The fraction of sp³-hybridized carbons (Fsp3) is 0.455. The van der Waals surface area contributed by atoms with Gasteiger partial charge in [-0.05, 0) is 18.4 Å². The van der Waals surface area contributed by atoms with Crippen molar-refractivity contribution in [1.82, 2.24) is 0 Å². The Morgan fingerprint density at radius 1 is 1.50 bits per heavy atom. The second-order valence-electron chi connectivity index (χ2n) is 3.95. The van der Waals surface area contributed by atoms with Gasteiger partial charge in [-0.15, -0.1) is 0 Å². The van der Waals surface area contributed by atoms with Crippen LogP contribution in [0.5, 0.6) is 5.75 Å². The van der Waals surface area contributed by atoms with Gasteiger partial charge in [0, 0.05) is 12.1 Å². The van der Waals surface area contributed by atoms with E-state index in [1.54, 1.807) is 0 Å². The number of halogens is 1. The van der Waals surface area contributed by atoms with E-state index in [0.29, 0.717) is 12.5 Å². The van der Waals surface area contributed by atoms with Crippen LogP contribution in [0.3, 0.4) is 0 Å². The van der Waals surface area contributed by atoms with Gasteiger partial charge < -0.3 is 4.74 Å². The summed E-state index contributed by atoms with van der Waals surface area (Å²) in [4.78, 5) is 10.1. The first kappa shape index (κ1) is 10.9. The van der Waals surface area contributed by atoms with Crippen LogP contribution in [0, 0.1) is 21.8 Å². The molecule has 1 aliphatic rings. The summed E-state index contributed by atoms with van der Waals surface area (Å²) in [6.07, 6.45) is 3.29. The summed E-state index contributed by atoms with van der Waals surface area (Å²) < 4.78 is 18.2. The molecule has 0 heterocycles. The zero-order chi connectivity index (χ0) is 11.5. The Labute approximate surface area is 92.2 Å². The van der Waals surface area contributed by atoms with Gasteiger partial charge in [-0.2, -0.15) is 0 Å². The summed E-state index contributed by atoms with van der Waals surface area (Å²) >= 11 is 0. The number of nitrogens with zero attached hydrogens (tertiary/aromatic N) is 1. The fourth-order valence-corrected chi connectivity index (χ4v) is 1.50. The molecule has 2 rings (SSSR count). The minimum absolute atomic E-state index is 0.0191. The molecule has 1 saturated carbocycles. The molecule has 0 amide bonds. The van der Waals surface area contributed by atoms with Crippen molar-refractivity contribution < 1.29 is 14.1 Å². The smallest absolute Gasteiger partial charge is 0.311 e. The van der Waals surface area contributed by atoms with E-state index in [9.17, 15) is 14.5 Å². The van der Waals surface area contributed by atoms with E-state index in [4.69, 9.17) is 4.74 Å². The van der Waals surface area contributed by atoms with Crippen molar-refractivity contribution in [1.29, 1.82) is 0 Å². The van der Waals surface area contributed by atoms with Crippen LogP contribution in [-0.2, 0) is 0 Å². The summed E-state index contributed by atoms with van der Waals surface area (Å²) in [5.41, 5.74) is -0.183. The Balaban J connectivity index is 2.03. The van der Waals surface area contributed by atoms with Crippen molar-refractivity contribution >= 4 is 5.69 Å². The Bertz CT molecular complexity index is 404. The molecule has 1 aromatic rings. The molecular formula is C11H12FNO3. The van der Waals surface area contributed by atoms with Crippen molar-refractivity contribution in [3.05, 3.63) is 34.1 Å². The van der Waals surface area contributed by atoms with Crippen LogP contribution < -0.4 is 4.74 Å². The minimum Gasteiger partial charge on any atom is -0.487 e. The monoisotopic (exact) mass is 225 g/mol. The topological polar surface area (TPSA) is 52.4 Å². The van der Waals surface area contributed by atoms with Crippen molar-refractivity contribution in [2.75, 3.05) is 6.61 Å². The lowest BCUT2D eigenvalue weighted by Crippen LogP contribution is -2.01. The quantitative estimate of drug-likeness (QED) is 0.571. The van der Waals surface area contributed by atoms with Gasteiger partial charge in [0.15, 0.2) is 5.75 Å². The van der Waals surface area contributed by atoms with Gasteiger partial charge in [0.25, 0.3) is 0 Å². The minimum atomic E-state index is -0.564. The lowest BCUT2D eigenvalue weighted by molar-refractivity contribution is -0.385. The number of nitro benzene ring substituents is 1. The van der Waals surface area contributed by atoms with Crippen molar-refractivity contribution in [2.24, 2.45) is 5.92 Å². The molecule has 0 bridgehead atoms. The van der Waals surface area contributed by atoms with E-state index in [2.05, 4.69) is 0 Å². The largest absolute Gasteiger partial charge is 0.487 e. The maximum atomic E-state index is 12.9. The van der Waals surface area contributed by atoms with Gasteiger partial charge in [0.1, 0.15) is 5.82 Å². The standard InChI is InChI=1S/C11H12FNO3/c12-9-3-4-10(13(14)15)11(7-9)16-6-5-8-1-2-8/h3-4,7-8H,1-2,5-6H2. The van der Waals surface area contributed by atoms with E-state index in [-0.39, 0.29) is 11.4 Å². The maximum absolute atomic E-state index is 12.9. The number of hydrogen-bond acceptors (Lipinski definition) is 3. The summed E-state index contributed by atoms with van der Waals surface area (Å²) in [6, 6.07) is 3.25. The van der Waals surface area contributed by atoms with Crippen molar-refractivity contribution in [3.63, 3.8) is 0 Å². The molecule has 0 saturated heterocycles. The van der Waals surface area contributed by atoms with E-state index < -0.39 is 10.7 Å². The van der Waals surface area contributed by atoms with Gasteiger partial charge in [0.2, 0.25) is 0 Å².